The standard InChI is InChI=1S/C19H22ClN3O3/c1-24-6-5-15-9-17(23-19(21)25-2)16-8-12(3-4-18(16)26-15)13-7-14(20)11-22-10-13/h3-4,7-8,10-11,15,17H,5-6,9H2,1-2H3,(H2,21,23)/t15-,17?/m0/s1. The second-order valence-corrected chi connectivity index (χ2v) is 6.53. The zero-order chi connectivity index (χ0) is 18.5. The van der Waals surface area contributed by atoms with E-state index in [4.69, 9.17) is 31.5 Å². The fraction of sp³-hybridized carbons (Fsp3) is 0.368. The number of hydrogen-bond donors (Lipinski definition) is 1. The smallest absolute Gasteiger partial charge is 0.282 e. The number of halogens is 1. The monoisotopic (exact) mass is 375 g/mol. The van der Waals surface area contributed by atoms with Gasteiger partial charge in [-0.15, -0.1) is 0 Å². The lowest BCUT2D eigenvalue weighted by Crippen LogP contribution is -2.28. The van der Waals surface area contributed by atoms with Crippen LogP contribution in [0.3, 0.4) is 0 Å². The van der Waals surface area contributed by atoms with Gasteiger partial charge in [0, 0.05) is 50.1 Å². The van der Waals surface area contributed by atoms with E-state index >= 15 is 0 Å². The number of amidine groups is 1. The first-order valence-electron chi connectivity index (χ1n) is 8.38. The highest BCUT2D eigenvalue weighted by atomic mass is 35.5. The molecule has 1 aromatic heterocycles. The quantitative estimate of drug-likeness (QED) is 0.638. The van der Waals surface area contributed by atoms with Crippen molar-refractivity contribution in [3.05, 3.63) is 47.2 Å². The summed E-state index contributed by atoms with van der Waals surface area (Å²) in [6.45, 7) is 0.627. The van der Waals surface area contributed by atoms with Crippen LogP contribution in [0.15, 0.2) is 41.7 Å². The molecule has 0 saturated heterocycles. The van der Waals surface area contributed by atoms with Crippen LogP contribution >= 0.6 is 11.6 Å². The Labute approximate surface area is 158 Å². The first-order valence-corrected chi connectivity index (χ1v) is 8.76. The summed E-state index contributed by atoms with van der Waals surface area (Å²) < 4.78 is 16.3. The number of fused-ring (bicyclic) bond motifs is 1. The Morgan fingerprint density at radius 3 is 2.88 bits per heavy atom. The van der Waals surface area contributed by atoms with Gasteiger partial charge in [0.15, 0.2) is 0 Å². The minimum atomic E-state index is -0.146. The van der Waals surface area contributed by atoms with E-state index in [1.165, 1.54) is 7.11 Å². The van der Waals surface area contributed by atoms with E-state index in [1.54, 1.807) is 19.5 Å². The lowest BCUT2D eigenvalue weighted by atomic mass is 9.93. The van der Waals surface area contributed by atoms with E-state index in [-0.39, 0.29) is 18.2 Å². The van der Waals surface area contributed by atoms with Gasteiger partial charge >= 0.3 is 0 Å². The van der Waals surface area contributed by atoms with Gasteiger partial charge in [0.05, 0.1) is 18.2 Å². The molecule has 0 amide bonds. The summed E-state index contributed by atoms with van der Waals surface area (Å²) >= 11 is 6.07. The zero-order valence-electron chi connectivity index (χ0n) is 14.8. The van der Waals surface area contributed by atoms with Crippen molar-refractivity contribution in [1.29, 1.82) is 0 Å². The molecule has 0 bridgehead atoms. The normalized spacial score (nSPS) is 19.6. The summed E-state index contributed by atoms with van der Waals surface area (Å²) in [5.41, 5.74) is 8.71. The van der Waals surface area contributed by atoms with E-state index in [0.717, 1.165) is 28.9 Å². The Kier molecular flexibility index (Phi) is 5.96. The maximum atomic E-state index is 6.12. The van der Waals surface area contributed by atoms with Gasteiger partial charge in [-0.05, 0) is 23.8 Å². The highest BCUT2D eigenvalue weighted by molar-refractivity contribution is 6.30. The van der Waals surface area contributed by atoms with E-state index in [1.807, 2.05) is 24.3 Å². The zero-order valence-corrected chi connectivity index (χ0v) is 15.6. The summed E-state index contributed by atoms with van der Waals surface area (Å²) in [4.78, 5) is 8.67. The SMILES string of the molecule is COCC[C@H]1CC(N=C(N)OC)c2cc(-c3cncc(Cl)c3)ccc2O1. The molecule has 138 valence electrons. The van der Waals surface area contributed by atoms with Crippen LogP contribution in [0, 0.1) is 0 Å². The summed E-state index contributed by atoms with van der Waals surface area (Å²) in [7, 11) is 3.19. The molecule has 7 heteroatoms. The molecule has 0 radical (unpaired) electrons. The van der Waals surface area contributed by atoms with Gasteiger partial charge in [0.2, 0.25) is 0 Å². The fourth-order valence-corrected chi connectivity index (χ4v) is 3.20. The van der Waals surface area contributed by atoms with Crippen LogP contribution < -0.4 is 10.5 Å². The van der Waals surface area contributed by atoms with Crippen LogP contribution in [0.1, 0.15) is 24.4 Å². The van der Waals surface area contributed by atoms with Crippen molar-refractivity contribution in [2.75, 3.05) is 20.8 Å². The van der Waals surface area contributed by atoms with Crippen LogP contribution in [-0.2, 0) is 9.47 Å². The van der Waals surface area contributed by atoms with Crippen molar-refractivity contribution in [1.82, 2.24) is 4.98 Å². The Balaban J connectivity index is 1.97. The van der Waals surface area contributed by atoms with Gasteiger partial charge in [-0.2, -0.15) is 0 Å². The number of nitrogens with zero attached hydrogens (tertiary/aromatic N) is 2. The van der Waals surface area contributed by atoms with Crippen molar-refractivity contribution >= 4 is 17.6 Å². The van der Waals surface area contributed by atoms with Crippen molar-refractivity contribution in [3.63, 3.8) is 0 Å². The first kappa shape index (κ1) is 18.5. The predicted octanol–water partition coefficient (Wildman–Crippen LogP) is 3.59. The molecular formula is C19H22ClN3O3. The molecule has 0 spiro atoms. The molecule has 2 N–H and O–H groups in total. The van der Waals surface area contributed by atoms with Crippen LogP contribution in [0.25, 0.3) is 11.1 Å². The Morgan fingerprint density at radius 1 is 1.31 bits per heavy atom. The number of hydrogen-bond acceptors (Lipinski definition) is 5. The van der Waals surface area contributed by atoms with Gasteiger partial charge in [-0.25, -0.2) is 4.99 Å². The van der Waals surface area contributed by atoms with Gasteiger partial charge < -0.3 is 19.9 Å². The summed E-state index contributed by atoms with van der Waals surface area (Å²) in [6.07, 6.45) is 4.89. The Bertz CT molecular complexity index is 797. The molecule has 0 fully saturated rings. The lowest BCUT2D eigenvalue weighted by Gasteiger charge is -2.30. The molecular weight excluding hydrogens is 354 g/mol. The van der Waals surface area contributed by atoms with Crippen LogP contribution in [0.5, 0.6) is 5.75 Å². The van der Waals surface area contributed by atoms with Crippen molar-refractivity contribution < 1.29 is 14.2 Å². The summed E-state index contributed by atoms with van der Waals surface area (Å²) in [5.74, 6) is 0.800. The number of methoxy groups -OCH3 is 2. The second kappa shape index (κ2) is 8.38. The topological polar surface area (TPSA) is 79.0 Å². The van der Waals surface area contributed by atoms with Crippen molar-refractivity contribution in [2.24, 2.45) is 10.7 Å². The van der Waals surface area contributed by atoms with Gasteiger partial charge in [0.1, 0.15) is 11.9 Å². The van der Waals surface area contributed by atoms with Gasteiger partial charge in [-0.3, -0.25) is 4.98 Å². The highest BCUT2D eigenvalue weighted by Gasteiger charge is 2.29. The third-order valence-electron chi connectivity index (χ3n) is 4.32. The molecule has 0 saturated carbocycles. The van der Waals surface area contributed by atoms with E-state index < -0.39 is 0 Å². The van der Waals surface area contributed by atoms with E-state index in [9.17, 15) is 0 Å². The summed E-state index contributed by atoms with van der Waals surface area (Å²) in [5, 5.41) is 0.592. The molecule has 1 aromatic carbocycles. The molecule has 1 unspecified atom stereocenters. The summed E-state index contributed by atoms with van der Waals surface area (Å²) in [6, 6.07) is 7.88. The molecule has 2 heterocycles. The number of aliphatic imine (C=N–C) groups is 1. The molecule has 2 aromatic rings. The number of nitrogens with two attached hydrogens (primary N) is 1. The second-order valence-electron chi connectivity index (χ2n) is 6.09. The average Bonchev–Trinajstić information content (AvgIpc) is 2.66. The van der Waals surface area contributed by atoms with E-state index in [0.29, 0.717) is 18.1 Å². The number of rotatable bonds is 5. The van der Waals surface area contributed by atoms with Crippen LogP contribution in [0.4, 0.5) is 0 Å². The Hall–Kier alpha value is -2.31. The number of pyridine rings is 1. The van der Waals surface area contributed by atoms with Crippen LogP contribution in [-0.4, -0.2) is 37.9 Å². The maximum Gasteiger partial charge on any atom is 0.282 e. The fourth-order valence-electron chi connectivity index (χ4n) is 3.02. The number of ether oxygens (including phenoxy) is 3. The molecule has 2 atom stereocenters. The molecule has 1 aliphatic heterocycles. The largest absolute Gasteiger partial charge is 0.490 e. The molecule has 26 heavy (non-hydrogen) atoms. The Morgan fingerprint density at radius 2 is 2.15 bits per heavy atom. The lowest BCUT2D eigenvalue weighted by molar-refractivity contribution is 0.104. The average molecular weight is 376 g/mol. The molecule has 3 rings (SSSR count). The number of aromatic nitrogens is 1. The van der Waals surface area contributed by atoms with Crippen molar-refractivity contribution in [3.8, 4) is 16.9 Å². The number of benzene rings is 1. The minimum absolute atomic E-state index is 0.0135. The predicted molar refractivity (Wildman–Crippen MR) is 102 cm³/mol. The molecule has 6 nitrogen and oxygen atoms in total. The van der Waals surface area contributed by atoms with Gasteiger partial charge in [0.25, 0.3) is 6.02 Å². The third kappa shape index (κ3) is 4.26. The van der Waals surface area contributed by atoms with Gasteiger partial charge in [-0.1, -0.05) is 17.7 Å². The van der Waals surface area contributed by atoms with E-state index in [2.05, 4.69) is 9.98 Å². The first-order chi connectivity index (χ1) is 12.6. The minimum Gasteiger partial charge on any atom is -0.490 e. The maximum absolute atomic E-state index is 6.12. The van der Waals surface area contributed by atoms with Crippen LogP contribution in [0.2, 0.25) is 5.02 Å². The highest BCUT2D eigenvalue weighted by Crippen LogP contribution is 2.40. The molecule has 1 aliphatic rings. The van der Waals surface area contributed by atoms with Crippen molar-refractivity contribution in [2.45, 2.75) is 25.0 Å². The molecule has 0 aliphatic carbocycles. The third-order valence-corrected chi connectivity index (χ3v) is 4.53.